The summed E-state index contributed by atoms with van der Waals surface area (Å²) in [5.41, 5.74) is 0.135. The summed E-state index contributed by atoms with van der Waals surface area (Å²) in [6.07, 6.45) is -3.84. The van der Waals surface area contributed by atoms with Crippen molar-refractivity contribution in [3.8, 4) is 16.9 Å². The number of halogens is 7. The van der Waals surface area contributed by atoms with Crippen molar-refractivity contribution in [3.05, 3.63) is 124 Å². The van der Waals surface area contributed by atoms with Gasteiger partial charge >= 0.3 is 6.11 Å². The van der Waals surface area contributed by atoms with E-state index in [9.17, 15) is 30.7 Å². The minimum atomic E-state index is -3.68. The van der Waals surface area contributed by atoms with Crippen molar-refractivity contribution in [1.82, 2.24) is 0 Å². The van der Waals surface area contributed by atoms with Gasteiger partial charge in [0.25, 0.3) is 0 Å². The summed E-state index contributed by atoms with van der Waals surface area (Å²) in [6.45, 7) is 1.75. The number of hydrogen-bond donors (Lipinski definition) is 0. The van der Waals surface area contributed by atoms with Crippen molar-refractivity contribution in [3.63, 3.8) is 0 Å². The molecule has 0 saturated heterocycles. The van der Waals surface area contributed by atoms with Gasteiger partial charge in [-0.15, -0.1) is 0 Å². The molecule has 1 nitrogen and oxygen atoms in total. The SMILES string of the molecule is Cc1ccc(C(F)(F)Oc2ccc(CCc3ccc(-c4ccc(F)c(F)c4)c(F)c3F)c(F)c2)cc1. The highest BCUT2D eigenvalue weighted by atomic mass is 19.3. The molecule has 186 valence electrons. The van der Waals surface area contributed by atoms with Crippen LogP contribution in [0.1, 0.15) is 22.3 Å². The summed E-state index contributed by atoms with van der Waals surface area (Å²) < 4.78 is 104. The third-order valence-corrected chi connectivity index (χ3v) is 5.71. The Balaban J connectivity index is 1.47. The minimum Gasteiger partial charge on any atom is -0.429 e. The predicted molar refractivity (Wildman–Crippen MR) is 121 cm³/mol. The fraction of sp³-hybridized carbons (Fsp3) is 0.143. The second-order valence-corrected chi connectivity index (χ2v) is 8.27. The maximum atomic E-state index is 14.6. The lowest BCUT2D eigenvalue weighted by atomic mass is 9.98. The van der Waals surface area contributed by atoms with Crippen LogP contribution in [0.25, 0.3) is 11.1 Å². The molecule has 36 heavy (non-hydrogen) atoms. The quantitative estimate of drug-likeness (QED) is 0.230. The van der Waals surface area contributed by atoms with E-state index in [1.807, 2.05) is 0 Å². The average molecular weight is 504 g/mol. The molecule has 0 aliphatic carbocycles. The molecular formula is C28H19F7O. The molecule has 0 N–H and O–H groups in total. The van der Waals surface area contributed by atoms with E-state index < -0.39 is 40.9 Å². The van der Waals surface area contributed by atoms with E-state index >= 15 is 0 Å². The fourth-order valence-corrected chi connectivity index (χ4v) is 3.69. The summed E-state index contributed by atoms with van der Waals surface area (Å²) in [4.78, 5) is 0. The van der Waals surface area contributed by atoms with E-state index in [2.05, 4.69) is 0 Å². The van der Waals surface area contributed by atoms with E-state index in [1.165, 1.54) is 48.5 Å². The summed E-state index contributed by atoms with van der Waals surface area (Å²) in [5, 5.41) is 0. The van der Waals surface area contributed by atoms with Gasteiger partial charge in [0.1, 0.15) is 11.6 Å². The number of ether oxygens (including phenoxy) is 1. The highest BCUT2D eigenvalue weighted by Gasteiger charge is 2.34. The van der Waals surface area contributed by atoms with Crippen molar-refractivity contribution in [2.75, 3.05) is 0 Å². The molecule has 0 heterocycles. The van der Waals surface area contributed by atoms with Crippen LogP contribution in [0.5, 0.6) is 5.75 Å². The van der Waals surface area contributed by atoms with Crippen LogP contribution in [0.4, 0.5) is 30.7 Å². The van der Waals surface area contributed by atoms with E-state index in [1.54, 1.807) is 6.92 Å². The molecule has 0 unspecified atom stereocenters. The zero-order valence-electron chi connectivity index (χ0n) is 18.9. The molecule has 0 radical (unpaired) electrons. The highest BCUT2D eigenvalue weighted by Crippen LogP contribution is 2.33. The largest absolute Gasteiger partial charge is 0.429 e. The summed E-state index contributed by atoms with van der Waals surface area (Å²) in [7, 11) is 0. The van der Waals surface area contributed by atoms with E-state index in [4.69, 9.17) is 4.74 Å². The molecule has 4 rings (SSSR count). The lowest BCUT2D eigenvalue weighted by Crippen LogP contribution is -2.21. The summed E-state index contributed by atoms with van der Waals surface area (Å²) >= 11 is 0. The Hall–Kier alpha value is -3.81. The van der Waals surface area contributed by atoms with E-state index in [0.717, 1.165) is 29.8 Å². The van der Waals surface area contributed by atoms with Gasteiger partial charge in [0, 0.05) is 11.6 Å². The number of aryl methyl sites for hydroxylation is 3. The second-order valence-electron chi connectivity index (χ2n) is 8.27. The monoisotopic (exact) mass is 504 g/mol. The van der Waals surface area contributed by atoms with Gasteiger partial charge < -0.3 is 4.74 Å². The van der Waals surface area contributed by atoms with Gasteiger partial charge in [0.2, 0.25) is 0 Å². The van der Waals surface area contributed by atoms with Gasteiger partial charge in [0.05, 0.1) is 5.56 Å². The highest BCUT2D eigenvalue weighted by molar-refractivity contribution is 5.65. The topological polar surface area (TPSA) is 9.23 Å². The standard InChI is InChI=1S/C28H19F7O/c1-16-2-9-20(10-3-16)28(34,35)36-21-11-6-17(24(30)15-21)4-5-18-7-12-22(27(33)26(18)32)19-8-13-23(29)25(31)14-19/h2-3,6-15H,4-5H2,1H3. The number of hydrogen-bond acceptors (Lipinski definition) is 1. The van der Waals surface area contributed by atoms with Crippen LogP contribution in [0.15, 0.2) is 72.8 Å². The van der Waals surface area contributed by atoms with Crippen molar-refractivity contribution in [2.24, 2.45) is 0 Å². The second kappa shape index (κ2) is 10.0. The number of rotatable bonds is 7. The number of benzene rings is 4. The third kappa shape index (κ3) is 5.37. The van der Waals surface area contributed by atoms with Crippen molar-refractivity contribution in [2.45, 2.75) is 25.9 Å². The average Bonchev–Trinajstić information content (AvgIpc) is 2.83. The molecule has 4 aromatic rings. The zero-order valence-corrected chi connectivity index (χ0v) is 18.9. The van der Waals surface area contributed by atoms with Crippen LogP contribution in [0.2, 0.25) is 0 Å². The van der Waals surface area contributed by atoms with Gasteiger partial charge in [-0.05, 0) is 66.8 Å². The summed E-state index contributed by atoms with van der Waals surface area (Å²) in [5.74, 6) is -6.00. The predicted octanol–water partition coefficient (Wildman–Crippen LogP) is 8.27. The maximum Gasteiger partial charge on any atom is 0.426 e. The van der Waals surface area contributed by atoms with Gasteiger partial charge in [0.15, 0.2) is 23.3 Å². The molecule has 0 saturated carbocycles. The van der Waals surface area contributed by atoms with Crippen LogP contribution >= 0.6 is 0 Å². The third-order valence-electron chi connectivity index (χ3n) is 5.71. The van der Waals surface area contributed by atoms with Crippen LogP contribution < -0.4 is 4.74 Å². The van der Waals surface area contributed by atoms with Gasteiger partial charge in [-0.2, -0.15) is 8.78 Å². The molecule has 0 aliphatic rings. The molecule has 8 heteroatoms. The normalized spacial score (nSPS) is 11.6. The lowest BCUT2D eigenvalue weighted by Gasteiger charge is -2.19. The Kier molecular flexibility index (Phi) is 7.06. The lowest BCUT2D eigenvalue weighted by molar-refractivity contribution is -0.185. The molecule has 0 fully saturated rings. The molecule has 0 spiro atoms. The Morgan fingerprint density at radius 2 is 1.31 bits per heavy atom. The van der Waals surface area contributed by atoms with Crippen LogP contribution in [-0.2, 0) is 19.0 Å². The maximum absolute atomic E-state index is 14.6. The first kappa shape index (κ1) is 25.3. The Morgan fingerprint density at radius 3 is 1.97 bits per heavy atom. The van der Waals surface area contributed by atoms with E-state index in [-0.39, 0.29) is 40.7 Å². The summed E-state index contributed by atoms with van der Waals surface area (Å²) in [6, 6.07) is 13.8. The smallest absolute Gasteiger partial charge is 0.426 e. The fourth-order valence-electron chi connectivity index (χ4n) is 3.69. The van der Waals surface area contributed by atoms with Crippen LogP contribution in [0, 0.1) is 36.0 Å². The van der Waals surface area contributed by atoms with Crippen molar-refractivity contribution < 1.29 is 35.5 Å². The van der Waals surface area contributed by atoms with Gasteiger partial charge in [-0.3, -0.25) is 0 Å². The number of alkyl halides is 2. The van der Waals surface area contributed by atoms with Gasteiger partial charge in [-0.25, -0.2) is 22.0 Å². The zero-order chi connectivity index (χ0) is 26.0. The molecule has 4 aromatic carbocycles. The first-order chi connectivity index (χ1) is 17.0. The minimum absolute atomic E-state index is 0.0408. The van der Waals surface area contributed by atoms with E-state index in [0.29, 0.717) is 0 Å². The first-order valence-electron chi connectivity index (χ1n) is 10.9. The molecule has 0 amide bonds. The first-order valence-corrected chi connectivity index (χ1v) is 10.9. The van der Waals surface area contributed by atoms with Gasteiger partial charge in [-0.1, -0.05) is 42.0 Å². The van der Waals surface area contributed by atoms with Crippen molar-refractivity contribution in [1.29, 1.82) is 0 Å². The molecule has 0 bridgehead atoms. The molecule has 0 aliphatic heterocycles. The Bertz CT molecular complexity index is 1400. The van der Waals surface area contributed by atoms with Crippen LogP contribution in [0.3, 0.4) is 0 Å². The Morgan fingerprint density at radius 1 is 0.639 bits per heavy atom. The molecular weight excluding hydrogens is 485 g/mol. The molecule has 0 atom stereocenters. The van der Waals surface area contributed by atoms with Crippen LogP contribution in [-0.4, -0.2) is 0 Å². The van der Waals surface area contributed by atoms with Crippen molar-refractivity contribution >= 4 is 0 Å². The Labute approximate surface area is 202 Å². The molecule has 0 aromatic heterocycles.